The fraction of sp³-hybridized carbons (Fsp3) is 0.480. The van der Waals surface area contributed by atoms with Crippen LogP contribution in [0.3, 0.4) is 0 Å². The van der Waals surface area contributed by atoms with E-state index in [2.05, 4.69) is 50.9 Å². The SMILES string of the molecule is C=C(C[C@H]1[C@@H]2C[C@@H](C)CC[C@@H]2C1(C)C)C(=O)Nc1cccc2ccccc12. The smallest absolute Gasteiger partial charge is 0.251 e. The van der Waals surface area contributed by atoms with E-state index in [1.807, 2.05) is 24.3 Å². The number of carbonyl (C=O) groups excluding carboxylic acids is 1. The molecule has 2 fully saturated rings. The number of amides is 1. The molecule has 142 valence electrons. The molecule has 0 radical (unpaired) electrons. The molecule has 0 bridgehead atoms. The summed E-state index contributed by atoms with van der Waals surface area (Å²) in [6, 6.07) is 14.2. The molecule has 2 saturated carbocycles. The van der Waals surface area contributed by atoms with Gasteiger partial charge < -0.3 is 5.32 Å². The van der Waals surface area contributed by atoms with Crippen LogP contribution in [0.15, 0.2) is 54.6 Å². The summed E-state index contributed by atoms with van der Waals surface area (Å²) in [4.78, 5) is 12.9. The first-order valence-electron chi connectivity index (χ1n) is 10.3. The van der Waals surface area contributed by atoms with Crippen LogP contribution < -0.4 is 5.32 Å². The molecule has 1 amide bonds. The van der Waals surface area contributed by atoms with E-state index in [1.165, 1.54) is 19.3 Å². The van der Waals surface area contributed by atoms with E-state index in [4.69, 9.17) is 0 Å². The van der Waals surface area contributed by atoms with Gasteiger partial charge in [-0.25, -0.2) is 0 Å². The summed E-state index contributed by atoms with van der Waals surface area (Å²) in [5.74, 6) is 2.96. The third-order valence-electron chi connectivity index (χ3n) is 7.42. The molecule has 2 aliphatic carbocycles. The maximum atomic E-state index is 12.9. The highest BCUT2D eigenvalue weighted by molar-refractivity contribution is 6.08. The number of rotatable bonds is 4. The molecule has 0 saturated heterocycles. The quantitative estimate of drug-likeness (QED) is 0.624. The summed E-state index contributed by atoms with van der Waals surface area (Å²) in [6.07, 6.45) is 4.85. The summed E-state index contributed by atoms with van der Waals surface area (Å²) in [5, 5.41) is 5.32. The minimum atomic E-state index is -0.0329. The van der Waals surface area contributed by atoms with Gasteiger partial charge in [-0.3, -0.25) is 4.79 Å². The molecule has 0 heterocycles. The summed E-state index contributed by atoms with van der Waals surface area (Å²) in [7, 11) is 0. The van der Waals surface area contributed by atoms with Gasteiger partial charge in [-0.05, 0) is 59.8 Å². The number of benzene rings is 2. The van der Waals surface area contributed by atoms with E-state index in [0.29, 0.717) is 11.3 Å². The Bertz CT molecular complexity index is 876. The molecular weight excluding hydrogens is 330 g/mol. The molecule has 0 spiro atoms. The number of carbonyl (C=O) groups is 1. The molecule has 2 nitrogen and oxygen atoms in total. The molecule has 2 aliphatic rings. The van der Waals surface area contributed by atoms with Crippen LogP contribution in [0.25, 0.3) is 10.8 Å². The average molecular weight is 362 g/mol. The summed E-state index contributed by atoms with van der Waals surface area (Å²) >= 11 is 0. The van der Waals surface area contributed by atoms with Crippen molar-refractivity contribution >= 4 is 22.4 Å². The highest BCUT2D eigenvalue weighted by Gasteiger charge is 2.56. The van der Waals surface area contributed by atoms with Crippen molar-refractivity contribution in [3.8, 4) is 0 Å². The van der Waals surface area contributed by atoms with Gasteiger partial charge in [-0.1, -0.05) is 70.2 Å². The second-order valence-corrected chi connectivity index (χ2v) is 9.40. The predicted molar refractivity (Wildman–Crippen MR) is 114 cm³/mol. The number of hydrogen-bond acceptors (Lipinski definition) is 1. The molecule has 2 aromatic carbocycles. The van der Waals surface area contributed by atoms with Gasteiger partial charge >= 0.3 is 0 Å². The molecular formula is C25H31NO. The van der Waals surface area contributed by atoms with Crippen LogP contribution in [-0.4, -0.2) is 5.91 Å². The third-order valence-corrected chi connectivity index (χ3v) is 7.42. The van der Waals surface area contributed by atoms with Crippen molar-refractivity contribution in [3.05, 3.63) is 54.6 Å². The summed E-state index contributed by atoms with van der Waals surface area (Å²) in [5.41, 5.74) is 1.92. The van der Waals surface area contributed by atoms with Crippen LogP contribution in [-0.2, 0) is 4.79 Å². The molecule has 4 atom stereocenters. The lowest BCUT2D eigenvalue weighted by Gasteiger charge is -2.62. The Morgan fingerprint density at radius 2 is 1.89 bits per heavy atom. The first-order chi connectivity index (χ1) is 12.9. The van der Waals surface area contributed by atoms with Gasteiger partial charge in [-0.15, -0.1) is 0 Å². The second-order valence-electron chi connectivity index (χ2n) is 9.40. The standard InChI is InChI=1S/C25H31NO/c1-16-12-13-21-20(14-16)22(25(21,3)4)15-17(2)24(27)26-23-11-7-9-18-8-5-6-10-19(18)23/h5-11,16,20-22H,2,12-15H2,1,3-4H3,(H,26,27)/t16-,20+,21-,22-/m0/s1. The Balaban J connectivity index is 1.46. The van der Waals surface area contributed by atoms with Crippen LogP contribution in [0.4, 0.5) is 5.69 Å². The van der Waals surface area contributed by atoms with Crippen molar-refractivity contribution in [2.24, 2.45) is 29.1 Å². The van der Waals surface area contributed by atoms with Gasteiger partial charge in [0, 0.05) is 16.6 Å². The Labute approximate surface area is 163 Å². The van der Waals surface area contributed by atoms with Crippen molar-refractivity contribution in [2.75, 3.05) is 5.32 Å². The van der Waals surface area contributed by atoms with Gasteiger partial charge in [0.1, 0.15) is 0 Å². The molecule has 0 aliphatic heterocycles. The maximum absolute atomic E-state index is 12.9. The van der Waals surface area contributed by atoms with Crippen molar-refractivity contribution < 1.29 is 4.79 Å². The van der Waals surface area contributed by atoms with Gasteiger partial charge in [0.05, 0.1) is 0 Å². The average Bonchev–Trinajstić information content (AvgIpc) is 2.66. The molecule has 0 unspecified atom stereocenters. The molecule has 1 N–H and O–H groups in total. The Kier molecular flexibility index (Phi) is 4.61. The number of anilines is 1. The first-order valence-corrected chi connectivity index (χ1v) is 10.3. The van der Waals surface area contributed by atoms with E-state index in [-0.39, 0.29) is 5.91 Å². The van der Waals surface area contributed by atoms with Gasteiger partial charge in [-0.2, -0.15) is 0 Å². The summed E-state index contributed by atoms with van der Waals surface area (Å²) in [6.45, 7) is 11.3. The largest absolute Gasteiger partial charge is 0.322 e. The topological polar surface area (TPSA) is 29.1 Å². The molecule has 4 rings (SSSR count). The van der Waals surface area contributed by atoms with Gasteiger partial charge in [0.15, 0.2) is 0 Å². The first kappa shape index (κ1) is 18.3. The van der Waals surface area contributed by atoms with Gasteiger partial charge in [0.25, 0.3) is 5.91 Å². The lowest BCUT2D eigenvalue weighted by Crippen LogP contribution is -2.55. The number of fused-ring (bicyclic) bond motifs is 2. The zero-order valence-electron chi connectivity index (χ0n) is 16.8. The fourth-order valence-corrected chi connectivity index (χ4v) is 5.82. The van der Waals surface area contributed by atoms with Crippen molar-refractivity contribution in [1.82, 2.24) is 0 Å². The number of nitrogens with one attached hydrogen (secondary N) is 1. The van der Waals surface area contributed by atoms with E-state index >= 15 is 0 Å². The number of hydrogen-bond donors (Lipinski definition) is 1. The van der Waals surface area contributed by atoms with Crippen LogP contribution in [0.2, 0.25) is 0 Å². The van der Waals surface area contributed by atoms with Gasteiger partial charge in [0.2, 0.25) is 0 Å². The summed E-state index contributed by atoms with van der Waals surface area (Å²) < 4.78 is 0. The zero-order valence-corrected chi connectivity index (χ0v) is 16.8. The Hall–Kier alpha value is -2.09. The molecule has 27 heavy (non-hydrogen) atoms. The highest BCUT2D eigenvalue weighted by Crippen LogP contribution is 2.63. The molecule has 0 aromatic heterocycles. The normalized spacial score (nSPS) is 28.9. The van der Waals surface area contributed by atoms with Crippen molar-refractivity contribution in [2.45, 2.75) is 46.5 Å². The lowest BCUT2D eigenvalue weighted by molar-refractivity contribution is -0.132. The van der Waals surface area contributed by atoms with E-state index in [1.54, 1.807) is 0 Å². The minimum Gasteiger partial charge on any atom is -0.322 e. The zero-order chi connectivity index (χ0) is 19.2. The van der Waals surface area contributed by atoms with Crippen LogP contribution in [0.5, 0.6) is 0 Å². The maximum Gasteiger partial charge on any atom is 0.251 e. The molecule has 2 aromatic rings. The Morgan fingerprint density at radius 3 is 2.70 bits per heavy atom. The monoisotopic (exact) mass is 361 g/mol. The van der Waals surface area contributed by atoms with E-state index < -0.39 is 0 Å². The fourth-order valence-electron chi connectivity index (χ4n) is 5.82. The highest BCUT2D eigenvalue weighted by atomic mass is 16.1. The molecule has 2 heteroatoms. The predicted octanol–water partition coefficient (Wildman–Crippen LogP) is 6.43. The van der Waals surface area contributed by atoms with Crippen LogP contribution in [0.1, 0.15) is 46.5 Å². The van der Waals surface area contributed by atoms with Crippen LogP contribution >= 0.6 is 0 Å². The van der Waals surface area contributed by atoms with Crippen LogP contribution in [0, 0.1) is 29.1 Å². The lowest BCUT2D eigenvalue weighted by atomic mass is 9.43. The third kappa shape index (κ3) is 3.20. The van der Waals surface area contributed by atoms with E-state index in [0.717, 1.165) is 46.2 Å². The van der Waals surface area contributed by atoms with Crippen molar-refractivity contribution in [3.63, 3.8) is 0 Å². The second kappa shape index (κ2) is 6.82. The minimum absolute atomic E-state index is 0.0329. The van der Waals surface area contributed by atoms with Crippen molar-refractivity contribution in [1.29, 1.82) is 0 Å². The van der Waals surface area contributed by atoms with E-state index in [9.17, 15) is 4.79 Å². The Morgan fingerprint density at radius 1 is 1.15 bits per heavy atom.